The van der Waals surface area contributed by atoms with Crippen LogP contribution in [0.1, 0.15) is 12.8 Å². The number of ether oxygens (including phenoxy) is 1. The average molecular weight is 264 g/mol. The Labute approximate surface area is 109 Å². The first-order valence-electron chi connectivity index (χ1n) is 5.98. The number of nitrogens with one attached hydrogen (secondary N) is 2. The fraction of sp³-hybridized carbons (Fsp3) is 0.909. The lowest BCUT2D eigenvalue weighted by atomic mass is 10.1. The van der Waals surface area contributed by atoms with E-state index in [0.29, 0.717) is 12.6 Å². The fourth-order valence-electron chi connectivity index (χ4n) is 2.32. The number of hydrogen-bond acceptors (Lipinski definition) is 4. The van der Waals surface area contributed by atoms with Gasteiger partial charge in [-0.2, -0.15) is 0 Å². The van der Waals surface area contributed by atoms with Gasteiger partial charge in [-0.1, -0.05) is 0 Å². The first-order chi connectivity index (χ1) is 7.66. The summed E-state index contributed by atoms with van der Waals surface area (Å²) in [5.41, 5.74) is 0. The third-order valence-electron chi connectivity index (χ3n) is 3.24. The number of amides is 1. The standard InChI is InChI=1S/C11H21N3O2.ClH/c1-14(2)6-5-13-11(15)10-7-8-9(16-10)3-4-12-8;/h8-10,12H,3-7H2,1-2H3,(H,13,15);1H/t8-,9-,10+;/m1./s1. The van der Waals surface area contributed by atoms with Crippen LogP contribution in [-0.4, -0.2) is 62.8 Å². The van der Waals surface area contributed by atoms with E-state index in [0.717, 1.165) is 25.9 Å². The van der Waals surface area contributed by atoms with Crippen LogP contribution in [0, 0.1) is 0 Å². The number of rotatable bonds is 4. The predicted molar refractivity (Wildman–Crippen MR) is 68.5 cm³/mol. The third kappa shape index (κ3) is 3.81. The van der Waals surface area contributed by atoms with Gasteiger partial charge in [0.05, 0.1) is 6.10 Å². The number of carbonyl (C=O) groups is 1. The molecule has 0 unspecified atom stereocenters. The molecule has 100 valence electrons. The second kappa shape index (κ2) is 6.54. The highest BCUT2D eigenvalue weighted by Crippen LogP contribution is 2.26. The maximum atomic E-state index is 11.8. The molecule has 17 heavy (non-hydrogen) atoms. The lowest BCUT2D eigenvalue weighted by molar-refractivity contribution is -0.132. The Morgan fingerprint density at radius 1 is 1.53 bits per heavy atom. The van der Waals surface area contributed by atoms with E-state index in [4.69, 9.17) is 4.74 Å². The molecule has 0 radical (unpaired) electrons. The van der Waals surface area contributed by atoms with E-state index in [1.165, 1.54) is 0 Å². The van der Waals surface area contributed by atoms with E-state index in [1.807, 2.05) is 19.0 Å². The van der Waals surface area contributed by atoms with Crippen molar-refractivity contribution in [1.82, 2.24) is 15.5 Å². The molecule has 0 aliphatic carbocycles. The van der Waals surface area contributed by atoms with Crippen molar-refractivity contribution in [1.29, 1.82) is 0 Å². The van der Waals surface area contributed by atoms with Crippen molar-refractivity contribution in [2.24, 2.45) is 0 Å². The predicted octanol–water partition coefficient (Wildman–Crippen LogP) is -0.395. The van der Waals surface area contributed by atoms with Crippen molar-refractivity contribution in [3.8, 4) is 0 Å². The van der Waals surface area contributed by atoms with Crippen molar-refractivity contribution in [3.05, 3.63) is 0 Å². The summed E-state index contributed by atoms with van der Waals surface area (Å²) < 4.78 is 5.72. The second-order valence-corrected chi connectivity index (χ2v) is 4.84. The van der Waals surface area contributed by atoms with Crippen LogP contribution in [0.3, 0.4) is 0 Å². The van der Waals surface area contributed by atoms with Crippen molar-refractivity contribution in [2.75, 3.05) is 33.7 Å². The summed E-state index contributed by atoms with van der Waals surface area (Å²) in [7, 11) is 3.99. The van der Waals surface area contributed by atoms with Gasteiger partial charge in [-0.3, -0.25) is 4.79 Å². The van der Waals surface area contributed by atoms with E-state index in [1.54, 1.807) is 0 Å². The Morgan fingerprint density at radius 2 is 2.29 bits per heavy atom. The molecule has 2 aliphatic rings. The monoisotopic (exact) mass is 263 g/mol. The van der Waals surface area contributed by atoms with Gasteiger partial charge in [0.2, 0.25) is 5.91 Å². The van der Waals surface area contributed by atoms with Gasteiger partial charge >= 0.3 is 0 Å². The Kier molecular flexibility index (Phi) is 5.66. The summed E-state index contributed by atoms with van der Waals surface area (Å²) in [6.07, 6.45) is 1.86. The summed E-state index contributed by atoms with van der Waals surface area (Å²) in [6, 6.07) is 0.393. The van der Waals surface area contributed by atoms with Crippen molar-refractivity contribution in [3.63, 3.8) is 0 Å². The second-order valence-electron chi connectivity index (χ2n) is 4.84. The van der Waals surface area contributed by atoms with E-state index in [2.05, 4.69) is 10.6 Å². The molecule has 5 nitrogen and oxygen atoms in total. The lowest BCUT2D eigenvalue weighted by Gasteiger charge is -2.14. The molecule has 3 atom stereocenters. The number of fused-ring (bicyclic) bond motifs is 1. The molecule has 0 saturated carbocycles. The largest absolute Gasteiger partial charge is 0.363 e. The van der Waals surface area contributed by atoms with E-state index in [-0.39, 0.29) is 30.5 Å². The Hall–Kier alpha value is -0.360. The van der Waals surface area contributed by atoms with E-state index in [9.17, 15) is 4.79 Å². The Morgan fingerprint density at radius 3 is 2.94 bits per heavy atom. The van der Waals surface area contributed by atoms with Gasteiger partial charge in [0.25, 0.3) is 0 Å². The van der Waals surface area contributed by atoms with E-state index >= 15 is 0 Å². The highest BCUT2D eigenvalue weighted by atomic mass is 35.5. The molecular weight excluding hydrogens is 242 g/mol. The molecule has 0 spiro atoms. The van der Waals surface area contributed by atoms with Crippen LogP contribution in [0.25, 0.3) is 0 Å². The third-order valence-corrected chi connectivity index (χ3v) is 3.24. The van der Waals surface area contributed by atoms with Gasteiger partial charge in [-0.05, 0) is 27.1 Å². The molecule has 2 saturated heterocycles. The van der Waals surface area contributed by atoms with Crippen molar-refractivity contribution in [2.45, 2.75) is 31.1 Å². The normalized spacial score (nSPS) is 31.1. The smallest absolute Gasteiger partial charge is 0.249 e. The number of halogens is 1. The van der Waals surface area contributed by atoms with Crippen molar-refractivity contribution >= 4 is 18.3 Å². The average Bonchev–Trinajstić information content (AvgIpc) is 2.75. The Bertz CT molecular complexity index is 251. The van der Waals surface area contributed by atoms with Crippen LogP contribution < -0.4 is 10.6 Å². The van der Waals surface area contributed by atoms with Crippen LogP contribution in [-0.2, 0) is 9.53 Å². The molecular formula is C11H22ClN3O2. The van der Waals surface area contributed by atoms with Gasteiger partial charge in [0.1, 0.15) is 6.10 Å². The molecule has 1 amide bonds. The highest BCUT2D eigenvalue weighted by molar-refractivity contribution is 5.85. The first-order valence-corrected chi connectivity index (χ1v) is 5.98. The zero-order chi connectivity index (χ0) is 11.5. The summed E-state index contributed by atoms with van der Waals surface area (Å²) >= 11 is 0. The maximum Gasteiger partial charge on any atom is 0.249 e. The summed E-state index contributed by atoms with van der Waals surface area (Å²) in [6.45, 7) is 2.57. The van der Waals surface area contributed by atoms with Crippen LogP contribution in [0.5, 0.6) is 0 Å². The van der Waals surface area contributed by atoms with Crippen molar-refractivity contribution < 1.29 is 9.53 Å². The zero-order valence-corrected chi connectivity index (χ0v) is 11.3. The number of hydrogen-bond donors (Lipinski definition) is 2. The molecule has 2 aliphatic heterocycles. The molecule has 2 fully saturated rings. The van der Waals surface area contributed by atoms with Crippen LogP contribution in [0.4, 0.5) is 0 Å². The molecule has 0 aromatic carbocycles. The van der Waals surface area contributed by atoms with Crippen LogP contribution >= 0.6 is 12.4 Å². The maximum absolute atomic E-state index is 11.8. The topological polar surface area (TPSA) is 53.6 Å². The van der Waals surface area contributed by atoms with Gasteiger partial charge < -0.3 is 20.3 Å². The Balaban J connectivity index is 0.00000144. The van der Waals surface area contributed by atoms with Gasteiger partial charge in [-0.25, -0.2) is 0 Å². The molecule has 2 N–H and O–H groups in total. The highest BCUT2D eigenvalue weighted by Gasteiger charge is 2.41. The minimum Gasteiger partial charge on any atom is -0.363 e. The minimum atomic E-state index is -0.245. The van der Waals surface area contributed by atoms with Crippen LogP contribution in [0.2, 0.25) is 0 Å². The summed E-state index contributed by atoms with van der Waals surface area (Å²) in [4.78, 5) is 13.8. The van der Waals surface area contributed by atoms with Crippen LogP contribution in [0.15, 0.2) is 0 Å². The quantitative estimate of drug-likeness (QED) is 0.725. The fourth-order valence-corrected chi connectivity index (χ4v) is 2.32. The van der Waals surface area contributed by atoms with Gasteiger partial charge in [0, 0.05) is 25.6 Å². The molecule has 6 heteroatoms. The number of carbonyl (C=O) groups excluding carboxylic acids is 1. The van der Waals surface area contributed by atoms with Gasteiger partial charge in [0.15, 0.2) is 0 Å². The molecule has 2 heterocycles. The zero-order valence-electron chi connectivity index (χ0n) is 10.4. The number of likely N-dealkylation sites (N-methyl/N-ethyl adjacent to an activating group) is 1. The first kappa shape index (κ1) is 14.7. The van der Waals surface area contributed by atoms with E-state index < -0.39 is 0 Å². The molecule has 2 rings (SSSR count). The summed E-state index contributed by atoms with van der Waals surface area (Å²) in [5, 5.41) is 6.28. The summed E-state index contributed by atoms with van der Waals surface area (Å²) in [5.74, 6) is 0.0399. The molecule has 0 aromatic heterocycles. The molecule has 0 aromatic rings. The number of nitrogens with zero attached hydrogens (tertiary/aromatic N) is 1. The SMILES string of the molecule is CN(C)CCNC(=O)[C@@H]1C[C@H]2NCC[C@H]2O1.Cl. The van der Waals surface area contributed by atoms with Gasteiger partial charge in [-0.15, -0.1) is 12.4 Å². The minimum absolute atomic E-state index is 0. The molecule has 0 bridgehead atoms. The lowest BCUT2D eigenvalue weighted by Crippen LogP contribution is -2.39.